The van der Waals surface area contributed by atoms with Crippen LogP contribution in [0.15, 0.2) is 82.6 Å². The molecule has 0 atom stereocenters. The van der Waals surface area contributed by atoms with E-state index in [0.29, 0.717) is 31.8 Å². The van der Waals surface area contributed by atoms with Crippen molar-refractivity contribution < 1.29 is 18.7 Å². The molecule has 0 radical (unpaired) electrons. The van der Waals surface area contributed by atoms with Crippen LogP contribution in [-0.4, -0.2) is 29.9 Å². The van der Waals surface area contributed by atoms with Crippen molar-refractivity contribution >= 4 is 28.8 Å². The minimum absolute atomic E-state index is 0.0117. The van der Waals surface area contributed by atoms with Crippen LogP contribution in [0, 0.1) is 0 Å². The minimum Gasteiger partial charge on any atom is -0.461 e. The number of amides is 2. The molecule has 1 aliphatic heterocycles. The van der Waals surface area contributed by atoms with Gasteiger partial charge >= 0.3 is 0 Å². The first-order chi connectivity index (χ1) is 16.7. The van der Waals surface area contributed by atoms with Crippen LogP contribution < -0.4 is 5.32 Å². The van der Waals surface area contributed by atoms with E-state index in [1.165, 1.54) is 11.3 Å². The monoisotopic (exact) mass is 472 g/mol. The van der Waals surface area contributed by atoms with E-state index in [2.05, 4.69) is 5.32 Å². The highest BCUT2D eigenvalue weighted by molar-refractivity contribution is 7.12. The van der Waals surface area contributed by atoms with Crippen molar-refractivity contribution in [3.8, 4) is 11.3 Å². The molecule has 0 bridgehead atoms. The number of anilines is 1. The Hall–Kier alpha value is -3.68. The van der Waals surface area contributed by atoms with E-state index in [0.717, 1.165) is 33.1 Å². The van der Waals surface area contributed by atoms with Crippen LogP contribution in [0.5, 0.6) is 0 Å². The van der Waals surface area contributed by atoms with E-state index in [4.69, 9.17) is 9.15 Å². The number of carbonyl (C=O) groups is 2. The molecule has 0 aliphatic carbocycles. The molecule has 1 aliphatic rings. The van der Waals surface area contributed by atoms with Gasteiger partial charge in [-0.05, 0) is 47.3 Å². The molecule has 2 aromatic carbocycles. The van der Waals surface area contributed by atoms with E-state index in [1.807, 2.05) is 83.1 Å². The topological polar surface area (TPSA) is 71.8 Å². The van der Waals surface area contributed by atoms with Gasteiger partial charge < -0.3 is 19.4 Å². The Balaban J connectivity index is 1.17. The van der Waals surface area contributed by atoms with Crippen molar-refractivity contribution in [1.82, 2.24) is 4.90 Å². The van der Waals surface area contributed by atoms with E-state index in [-0.39, 0.29) is 18.4 Å². The Bertz CT molecular complexity index is 1260. The van der Waals surface area contributed by atoms with Gasteiger partial charge in [0.25, 0.3) is 5.91 Å². The Morgan fingerprint density at radius 1 is 1.03 bits per heavy atom. The molecule has 0 unspecified atom stereocenters. The molecule has 172 valence electrons. The summed E-state index contributed by atoms with van der Waals surface area (Å²) in [5.74, 6) is 1.56. The first-order valence-corrected chi connectivity index (χ1v) is 12.0. The number of nitrogens with one attached hydrogen (secondary N) is 1. The fourth-order valence-electron chi connectivity index (χ4n) is 3.96. The third-order valence-corrected chi connectivity index (χ3v) is 6.54. The first-order valence-electron chi connectivity index (χ1n) is 11.1. The standard InChI is InChI=1S/C27H24N2O4S/c30-26(18-32-17-19-5-2-1-3-6-19)28-22-10-8-20(9-11-22)24-15-21-16-29(13-12-23(21)33-24)27(31)25-7-4-14-34-25/h1-11,14-15H,12-13,16-18H2,(H,28,30). The van der Waals surface area contributed by atoms with Crippen LogP contribution in [-0.2, 0) is 29.1 Å². The highest BCUT2D eigenvalue weighted by atomic mass is 32.1. The number of fused-ring (bicyclic) bond motifs is 1. The summed E-state index contributed by atoms with van der Waals surface area (Å²) in [5.41, 5.74) is 3.68. The summed E-state index contributed by atoms with van der Waals surface area (Å²) in [5, 5.41) is 4.77. The summed E-state index contributed by atoms with van der Waals surface area (Å²) in [4.78, 5) is 27.5. The first kappa shape index (κ1) is 22.1. The Morgan fingerprint density at radius 3 is 2.62 bits per heavy atom. The highest BCUT2D eigenvalue weighted by Crippen LogP contribution is 2.31. The molecule has 4 aromatic rings. The van der Waals surface area contributed by atoms with Crippen molar-refractivity contribution in [3.63, 3.8) is 0 Å². The lowest BCUT2D eigenvalue weighted by molar-refractivity contribution is -0.121. The Labute approximate surface area is 201 Å². The number of carbonyl (C=O) groups excluding carboxylic acids is 2. The van der Waals surface area contributed by atoms with Gasteiger partial charge in [0.15, 0.2) is 0 Å². The van der Waals surface area contributed by atoms with Crippen LogP contribution in [0.3, 0.4) is 0 Å². The smallest absolute Gasteiger partial charge is 0.264 e. The Morgan fingerprint density at radius 2 is 1.85 bits per heavy atom. The van der Waals surface area contributed by atoms with E-state index in [9.17, 15) is 9.59 Å². The molecule has 2 aromatic heterocycles. The molecule has 7 heteroatoms. The maximum Gasteiger partial charge on any atom is 0.264 e. The summed E-state index contributed by atoms with van der Waals surface area (Å²) in [6, 6.07) is 23.0. The third-order valence-electron chi connectivity index (χ3n) is 5.68. The summed E-state index contributed by atoms with van der Waals surface area (Å²) in [6.45, 7) is 1.58. The zero-order valence-electron chi connectivity index (χ0n) is 18.5. The fraction of sp³-hybridized carbons (Fsp3) is 0.185. The lowest BCUT2D eigenvalue weighted by Gasteiger charge is -2.25. The normalized spacial score (nSPS) is 12.9. The predicted octanol–water partition coefficient (Wildman–Crippen LogP) is 5.36. The maximum absolute atomic E-state index is 12.7. The van der Waals surface area contributed by atoms with Gasteiger partial charge in [-0.25, -0.2) is 0 Å². The van der Waals surface area contributed by atoms with Crippen LogP contribution in [0.2, 0.25) is 0 Å². The van der Waals surface area contributed by atoms with Crippen LogP contribution in [0.4, 0.5) is 5.69 Å². The van der Waals surface area contributed by atoms with Gasteiger partial charge in [0.05, 0.1) is 11.5 Å². The van der Waals surface area contributed by atoms with Gasteiger partial charge in [0.1, 0.15) is 18.1 Å². The van der Waals surface area contributed by atoms with Crippen LogP contribution in [0.25, 0.3) is 11.3 Å². The average molecular weight is 473 g/mol. The number of benzene rings is 2. The summed E-state index contributed by atoms with van der Waals surface area (Å²) in [6.07, 6.45) is 0.698. The second-order valence-corrected chi connectivity index (χ2v) is 9.06. The van der Waals surface area contributed by atoms with Crippen LogP contribution in [0.1, 0.15) is 26.6 Å². The number of nitrogens with zero attached hydrogens (tertiary/aromatic N) is 1. The summed E-state index contributed by atoms with van der Waals surface area (Å²) >= 11 is 1.46. The zero-order chi connectivity index (χ0) is 23.3. The number of hydrogen-bond donors (Lipinski definition) is 1. The van der Waals surface area contributed by atoms with Gasteiger partial charge in [-0.3, -0.25) is 9.59 Å². The molecule has 0 saturated heterocycles. The second-order valence-electron chi connectivity index (χ2n) is 8.12. The van der Waals surface area contributed by atoms with Gasteiger partial charge in [-0.2, -0.15) is 0 Å². The highest BCUT2D eigenvalue weighted by Gasteiger charge is 2.25. The molecule has 3 heterocycles. The molecule has 6 nitrogen and oxygen atoms in total. The van der Waals surface area contributed by atoms with Gasteiger partial charge in [-0.15, -0.1) is 11.3 Å². The molecular weight excluding hydrogens is 448 g/mol. The van der Waals surface area contributed by atoms with Crippen molar-refractivity contribution in [2.75, 3.05) is 18.5 Å². The van der Waals surface area contributed by atoms with Crippen molar-refractivity contribution in [3.05, 3.63) is 99.9 Å². The van der Waals surface area contributed by atoms with E-state index in [1.54, 1.807) is 0 Å². The Kier molecular flexibility index (Phi) is 6.56. The van der Waals surface area contributed by atoms with Crippen molar-refractivity contribution in [1.29, 1.82) is 0 Å². The summed E-state index contributed by atoms with van der Waals surface area (Å²) < 4.78 is 11.6. The number of thiophene rings is 1. The largest absolute Gasteiger partial charge is 0.461 e. The molecule has 2 amide bonds. The molecule has 5 rings (SSSR count). The lowest BCUT2D eigenvalue weighted by atomic mass is 10.1. The fourth-order valence-corrected chi connectivity index (χ4v) is 4.65. The molecule has 0 fully saturated rings. The maximum atomic E-state index is 12.7. The molecule has 1 N–H and O–H groups in total. The number of rotatable bonds is 7. The third kappa shape index (κ3) is 5.11. The van der Waals surface area contributed by atoms with Gasteiger partial charge in [0, 0.05) is 36.3 Å². The second kappa shape index (κ2) is 10.1. The zero-order valence-corrected chi connectivity index (χ0v) is 19.3. The van der Waals surface area contributed by atoms with E-state index >= 15 is 0 Å². The quantitative estimate of drug-likeness (QED) is 0.393. The minimum atomic E-state index is -0.201. The average Bonchev–Trinajstić information content (AvgIpc) is 3.55. The molecule has 34 heavy (non-hydrogen) atoms. The number of furan rings is 1. The molecule has 0 spiro atoms. The summed E-state index contributed by atoms with van der Waals surface area (Å²) in [7, 11) is 0. The van der Waals surface area contributed by atoms with Gasteiger partial charge in [-0.1, -0.05) is 36.4 Å². The van der Waals surface area contributed by atoms with E-state index < -0.39 is 0 Å². The predicted molar refractivity (Wildman–Crippen MR) is 132 cm³/mol. The SMILES string of the molecule is O=C(COCc1ccccc1)Nc1ccc(-c2cc3c(o2)CCN(C(=O)c2cccs2)C3)cc1. The number of hydrogen-bond acceptors (Lipinski definition) is 5. The number of ether oxygens (including phenoxy) is 1. The lowest BCUT2D eigenvalue weighted by Crippen LogP contribution is -2.35. The van der Waals surface area contributed by atoms with Crippen molar-refractivity contribution in [2.24, 2.45) is 0 Å². The molecular formula is C27H24N2O4S. The molecule has 0 saturated carbocycles. The van der Waals surface area contributed by atoms with Crippen LogP contribution >= 0.6 is 11.3 Å². The van der Waals surface area contributed by atoms with Crippen molar-refractivity contribution in [2.45, 2.75) is 19.6 Å². The van der Waals surface area contributed by atoms with Gasteiger partial charge in [0.2, 0.25) is 5.91 Å².